The number of aromatic nitrogens is 1. The molecule has 0 radical (unpaired) electrons. The van der Waals surface area contributed by atoms with Gasteiger partial charge in [-0.2, -0.15) is 13.2 Å². The quantitative estimate of drug-likeness (QED) is 0.866. The normalized spacial score (nSPS) is 15.1. The van der Waals surface area contributed by atoms with E-state index in [1.54, 1.807) is 44.4 Å². The van der Waals surface area contributed by atoms with E-state index in [4.69, 9.17) is 0 Å². The minimum Gasteiger partial charge on any atom is -0.508 e. The van der Waals surface area contributed by atoms with Crippen LogP contribution in [0.25, 0.3) is 11.1 Å². The highest BCUT2D eigenvalue weighted by Gasteiger charge is 2.52. The van der Waals surface area contributed by atoms with Crippen molar-refractivity contribution in [1.82, 2.24) is 4.98 Å². The van der Waals surface area contributed by atoms with E-state index in [-0.39, 0.29) is 5.75 Å². The number of phenolic OH excluding ortho intramolecular Hbond substituents is 1. The smallest absolute Gasteiger partial charge is 0.416 e. The molecule has 0 aliphatic carbocycles. The van der Waals surface area contributed by atoms with Gasteiger partial charge in [0.15, 0.2) is 5.60 Å². The third-order valence-electron chi connectivity index (χ3n) is 4.12. The van der Waals surface area contributed by atoms with Gasteiger partial charge >= 0.3 is 6.18 Å². The molecular weight excluding hydrogens is 319 g/mol. The molecule has 24 heavy (non-hydrogen) atoms. The molecule has 0 amide bonds. The van der Waals surface area contributed by atoms with Crippen molar-refractivity contribution >= 4 is 0 Å². The molecule has 1 aromatic heterocycles. The Kier molecular flexibility index (Phi) is 4.63. The number of halogens is 3. The Morgan fingerprint density at radius 3 is 2.25 bits per heavy atom. The second-order valence-corrected chi connectivity index (χ2v) is 6.81. The van der Waals surface area contributed by atoms with Gasteiger partial charge in [-0.05, 0) is 42.5 Å². The van der Waals surface area contributed by atoms with Gasteiger partial charge < -0.3 is 10.2 Å². The number of nitrogens with zero attached hydrogens (tertiary/aromatic N) is 1. The summed E-state index contributed by atoms with van der Waals surface area (Å²) in [5.41, 5.74) is -2.09. The molecule has 0 aliphatic rings. The summed E-state index contributed by atoms with van der Waals surface area (Å²) >= 11 is 0. The van der Waals surface area contributed by atoms with Gasteiger partial charge in [0.25, 0.3) is 0 Å². The Bertz CT molecular complexity index is 710. The summed E-state index contributed by atoms with van der Waals surface area (Å²) in [4.78, 5) is 4.02. The zero-order valence-electron chi connectivity index (χ0n) is 13.7. The number of benzene rings is 1. The summed E-state index contributed by atoms with van der Waals surface area (Å²) in [5, 5.41) is 19.9. The third kappa shape index (κ3) is 3.70. The predicted octanol–water partition coefficient (Wildman–Crippen LogP) is 4.44. The second-order valence-electron chi connectivity index (χ2n) is 6.81. The highest BCUT2D eigenvalue weighted by atomic mass is 19.4. The Morgan fingerprint density at radius 2 is 1.71 bits per heavy atom. The molecule has 1 aromatic carbocycles. The van der Waals surface area contributed by atoms with Crippen molar-refractivity contribution in [2.24, 2.45) is 0 Å². The van der Waals surface area contributed by atoms with E-state index in [1.807, 2.05) is 6.07 Å². The minimum atomic E-state index is -4.75. The van der Waals surface area contributed by atoms with Crippen LogP contribution in [0.3, 0.4) is 0 Å². The number of phenols is 1. The van der Waals surface area contributed by atoms with E-state index in [1.165, 1.54) is 6.07 Å². The summed E-state index contributed by atoms with van der Waals surface area (Å²) in [6, 6.07) is 8.33. The summed E-state index contributed by atoms with van der Waals surface area (Å²) < 4.78 is 39.0. The first kappa shape index (κ1) is 18.3. The maximum atomic E-state index is 13.0. The first-order valence-corrected chi connectivity index (χ1v) is 7.47. The van der Waals surface area contributed by atoms with Crippen molar-refractivity contribution in [1.29, 1.82) is 0 Å². The first-order chi connectivity index (χ1) is 10.9. The fourth-order valence-corrected chi connectivity index (χ4v) is 2.85. The molecule has 2 aromatic rings. The molecule has 0 aliphatic heterocycles. The number of pyridine rings is 1. The monoisotopic (exact) mass is 339 g/mol. The predicted molar refractivity (Wildman–Crippen MR) is 85.7 cm³/mol. The molecule has 130 valence electrons. The van der Waals surface area contributed by atoms with Crippen molar-refractivity contribution in [2.45, 2.75) is 44.4 Å². The maximum absolute atomic E-state index is 13.0. The molecule has 3 nitrogen and oxygen atoms in total. The summed E-state index contributed by atoms with van der Waals surface area (Å²) in [6.07, 6.45) is -2.07. The number of hydrogen-bond donors (Lipinski definition) is 2. The van der Waals surface area contributed by atoms with Gasteiger partial charge in [-0.3, -0.25) is 4.98 Å². The van der Waals surface area contributed by atoms with Gasteiger partial charge in [0.05, 0.1) is 0 Å². The van der Waals surface area contributed by atoms with E-state index in [0.29, 0.717) is 5.56 Å². The lowest BCUT2D eigenvalue weighted by atomic mass is 9.74. The van der Waals surface area contributed by atoms with Gasteiger partial charge in [0.1, 0.15) is 5.75 Å². The lowest BCUT2D eigenvalue weighted by Crippen LogP contribution is -2.46. The fraction of sp³-hybridized carbons (Fsp3) is 0.389. The zero-order valence-corrected chi connectivity index (χ0v) is 13.7. The molecule has 2 rings (SSSR count). The van der Waals surface area contributed by atoms with Crippen LogP contribution in [-0.2, 0) is 5.41 Å². The van der Waals surface area contributed by atoms with Crippen LogP contribution in [0, 0.1) is 0 Å². The molecule has 0 saturated heterocycles. The Balaban J connectivity index is 2.43. The molecule has 2 N–H and O–H groups in total. The molecule has 0 fully saturated rings. The number of aromatic hydroxyl groups is 1. The minimum absolute atomic E-state index is 0.106. The number of alkyl halides is 3. The third-order valence-corrected chi connectivity index (χ3v) is 4.12. The highest BCUT2D eigenvalue weighted by molar-refractivity contribution is 5.65. The van der Waals surface area contributed by atoms with Crippen LogP contribution in [0.1, 0.15) is 32.8 Å². The number of aliphatic hydroxyl groups is 1. The molecule has 1 atom stereocenters. The lowest BCUT2D eigenvalue weighted by Gasteiger charge is -2.35. The van der Waals surface area contributed by atoms with Gasteiger partial charge in [0.2, 0.25) is 0 Å². The summed E-state index contributed by atoms with van der Waals surface area (Å²) in [7, 11) is 0. The van der Waals surface area contributed by atoms with Crippen molar-refractivity contribution < 1.29 is 23.4 Å². The molecule has 0 spiro atoms. The number of hydrogen-bond acceptors (Lipinski definition) is 3. The average molecular weight is 339 g/mol. The highest BCUT2D eigenvalue weighted by Crippen LogP contribution is 2.43. The van der Waals surface area contributed by atoms with Crippen LogP contribution in [0.5, 0.6) is 5.75 Å². The van der Waals surface area contributed by atoms with Gasteiger partial charge in [-0.25, -0.2) is 0 Å². The standard InChI is InChI=1S/C18H20F3NO2/c1-16(2,11-17(3,24)18(19,20)21)14-9-12(6-7-15(14)23)13-5-4-8-22-10-13/h4-10,23-24H,11H2,1-3H3. The lowest BCUT2D eigenvalue weighted by molar-refractivity contribution is -0.259. The van der Waals surface area contributed by atoms with Gasteiger partial charge in [-0.1, -0.05) is 26.0 Å². The topological polar surface area (TPSA) is 53.4 Å². The van der Waals surface area contributed by atoms with Crippen LogP contribution in [0.15, 0.2) is 42.7 Å². The van der Waals surface area contributed by atoms with Crippen LogP contribution >= 0.6 is 0 Å². The Morgan fingerprint density at radius 1 is 1.04 bits per heavy atom. The van der Waals surface area contributed by atoms with Crippen LogP contribution in [0.4, 0.5) is 13.2 Å². The first-order valence-electron chi connectivity index (χ1n) is 7.47. The van der Waals surface area contributed by atoms with Crippen LogP contribution < -0.4 is 0 Å². The summed E-state index contributed by atoms with van der Waals surface area (Å²) in [5.74, 6) is -0.106. The molecule has 0 bridgehead atoms. The van der Waals surface area contributed by atoms with Crippen molar-refractivity contribution in [3.05, 3.63) is 48.3 Å². The van der Waals surface area contributed by atoms with Crippen LogP contribution in [0.2, 0.25) is 0 Å². The SMILES string of the molecule is CC(C)(CC(C)(O)C(F)(F)F)c1cc(-c2cccnc2)ccc1O. The fourth-order valence-electron chi connectivity index (χ4n) is 2.85. The van der Waals surface area contributed by atoms with Gasteiger partial charge in [0, 0.05) is 23.5 Å². The molecule has 0 saturated carbocycles. The van der Waals surface area contributed by atoms with Crippen LogP contribution in [-0.4, -0.2) is 27.0 Å². The Hall–Kier alpha value is -2.08. The second kappa shape index (κ2) is 6.09. The van der Waals surface area contributed by atoms with E-state index in [0.717, 1.165) is 18.1 Å². The van der Waals surface area contributed by atoms with E-state index >= 15 is 0 Å². The molecule has 1 heterocycles. The Labute approximate surface area is 138 Å². The molecule has 6 heteroatoms. The van der Waals surface area contributed by atoms with Crippen molar-refractivity contribution in [2.75, 3.05) is 0 Å². The summed E-state index contributed by atoms with van der Waals surface area (Å²) in [6.45, 7) is 3.88. The molecular formula is C18H20F3NO2. The van der Waals surface area contributed by atoms with Crippen molar-refractivity contribution in [3.8, 4) is 16.9 Å². The average Bonchev–Trinajstić information content (AvgIpc) is 2.46. The van der Waals surface area contributed by atoms with Crippen molar-refractivity contribution in [3.63, 3.8) is 0 Å². The van der Waals surface area contributed by atoms with E-state index in [2.05, 4.69) is 4.98 Å². The van der Waals surface area contributed by atoms with Gasteiger partial charge in [-0.15, -0.1) is 0 Å². The molecule has 1 unspecified atom stereocenters. The number of rotatable bonds is 4. The van der Waals surface area contributed by atoms with E-state index < -0.39 is 23.6 Å². The zero-order chi connectivity index (χ0) is 18.2. The largest absolute Gasteiger partial charge is 0.508 e. The van der Waals surface area contributed by atoms with E-state index in [9.17, 15) is 23.4 Å². The maximum Gasteiger partial charge on any atom is 0.416 e.